The molecule has 0 spiro atoms. The molecule has 0 amide bonds. The van der Waals surface area contributed by atoms with Gasteiger partial charge in [-0.05, 0) is 31.2 Å². The highest BCUT2D eigenvalue weighted by Gasteiger charge is 2.10. The molecular weight excluding hydrogens is 309 g/mol. The van der Waals surface area contributed by atoms with Gasteiger partial charge in [0.05, 0.1) is 21.9 Å². The minimum Gasteiger partial charge on any atom is -0.440 e. The van der Waals surface area contributed by atoms with Crippen molar-refractivity contribution in [3.63, 3.8) is 0 Å². The Balaban J connectivity index is 1.70. The summed E-state index contributed by atoms with van der Waals surface area (Å²) >= 11 is 3.05. The zero-order valence-electron chi connectivity index (χ0n) is 11.2. The van der Waals surface area contributed by atoms with Crippen LogP contribution in [0.5, 0.6) is 0 Å². The van der Waals surface area contributed by atoms with Crippen LogP contribution in [0.2, 0.25) is 0 Å². The number of hydrogen-bond donors (Lipinski definition) is 1. The van der Waals surface area contributed by atoms with Crippen molar-refractivity contribution >= 4 is 28.2 Å². The summed E-state index contributed by atoms with van der Waals surface area (Å²) in [5.74, 6) is 1.58. The Hall–Kier alpha value is -1.86. The van der Waals surface area contributed by atoms with Crippen LogP contribution in [0.3, 0.4) is 0 Å². The zero-order chi connectivity index (χ0) is 14.8. The first-order valence-electron chi connectivity index (χ1n) is 6.18. The van der Waals surface area contributed by atoms with Gasteiger partial charge < -0.3 is 10.2 Å². The number of nitrogen functional groups attached to an aromatic ring is 1. The highest BCUT2D eigenvalue weighted by molar-refractivity contribution is 8.00. The molecule has 3 rings (SSSR count). The molecule has 0 aliphatic rings. The molecule has 0 aliphatic heterocycles. The van der Waals surface area contributed by atoms with Gasteiger partial charge >= 0.3 is 0 Å². The molecular formula is C14H12FN3OS2. The van der Waals surface area contributed by atoms with Crippen molar-refractivity contribution in [2.24, 2.45) is 0 Å². The van der Waals surface area contributed by atoms with Crippen molar-refractivity contribution in [1.82, 2.24) is 9.97 Å². The van der Waals surface area contributed by atoms with E-state index in [2.05, 4.69) is 9.97 Å². The van der Waals surface area contributed by atoms with E-state index in [0.29, 0.717) is 22.5 Å². The molecule has 0 radical (unpaired) electrons. The third-order valence-corrected chi connectivity index (χ3v) is 5.11. The highest BCUT2D eigenvalue weighted by atomic mass is 32.2. The largest absolute Gasteiger partial charge is 0.440 e. The van der Waals surface area contributed by atoms with E-state index in [0.717, 1.165) is 15.5 Å². The molecule has 3 aromatic rings. The van der Waals surface area contributed by atoms with E-state index in [4.69, 9.17) is 10.2 Å². The number of aryl methyl sites for hydroxylation is 1. The fourth-order valence-electron chi connectivity index (χ4n) is 1.79. The molecule has 2 aromatic heterocycles. The molecule has 4 nitrogen and oxygen atoms in total. The van der Waals surface area contributed by atoms with Gasteiger partial charge in [-0.1, -0.05) is 11.3 Å². The van der Waals surface area contributed by atoms with Crippen molar-refractivity contribution < 1.29 is 8.81 Å². The Morgan fingerprint density at radius 3 is 2.76 bits per heavy atom. The Morgan fingerprint density at radius 2 is 2.10 bits per heavy atom. The topological polar surface area (TPSA) is 64.9 Å². The van der Waals surface area contributed by atoms with Gasteiger partial charge in [0, 0.05) is 5.56 Å². The predicted molar refractivity (Wildman–Crippen MR) is 82.7 cm³/mol. The molecule has 0 saturated carbocycles. The first-order chi connectivity index (χ1) is 10.1. The number of oxazole rings is 1. The summed E-state index contributed by atoms with van der Waals surface area (Å²) in [6.07, 6.45) is 1.65. The number of nitrogens with zero attached hydrogens (tertiary/aromatic N) is 2. The first kappa shape index (κ1) is 14.1. The molecule has 0 atom stereocenters. The van der Waals surface area contributed by atoms with Crippen LogP contribution in [0.15, 0.2) is 39.1 Å². The van der Waals surface area contributed by atoms with Crippen LogP contribution in [0.4, 0.5) is 9.52 Å². The maximum atomic E-state index is 12.9. The second kappa shape index (κ2) is 5.87. The maximum absolute atomic E-state index is 12.9. The second-order valence-electron chi connectivity index (χ2n) is 4.34. The quantitative estimate of drug-likeness (QED) is 0.732. The van der Waals surface area contributed by atoms with Crippen LogP contribution in [-0.4, -0.2) is 9.97 Å². The number of hydrogen-bond acceptors (Lipinski definition) is 6. The summed E-state index contributed by atoms with van der Waals surface area (Å²) in [4.78, 5) is 8.41. The number of nitrogens with two attached hydrogens (primary N) is 1. The van der Waals surface area contributed by atoms with E-state index < -0.39 is 0 Å². The molecule has 0 fully saturated rings. The average molecular weight is 321 g/mol. The Kier molecular flexibility index (Phi) is 3.94. The van der Waals surface area contributed by atoms with E-state index >= 15 is 0 Å². The van der Waals surface area contributed by atoms with Crippen molar-refractivity contribution in [2.45, 2.75) is 16.9 Å². The third kappa shape index (κ3) is 3.25. The van der Waals surface area contributed by atoms with Gasteiger partial charge in [-0.2, -0.15) is 0 Å². The lowest BCUT2D eigenvalue weighted by atomic mass is 10.2. The lowest BCUT2D eigenvalue weighted by Gasteiger charge is -1.97. The van der Waals surface area contributed by atoms with Gasteiger partial charge in [-0.3, -0.25) is 0 Å². The van der Waals surface area contributed by atoms with Crippen LogP contribution < -0.4 is 5.73 Å². The number of thioether (sulfide) groups is 1. The second-order valence-corrected chi connectivity index (χ2v) is 6.61. The Morgan fingerprint density at radius 1 is 1.33 bits per heavy atom. The fraction of sp³-hybridized carbons (Fsp3) is 0.143. The fourth-order valence-corrected chi connectivity index (χ4v) is 3.67. The molecule has 108 valence electrons. The van der Waals surface area contributed by atoms with Gasteiger partial charge in [-0.15, -0.1) is 11.8 Å². The number of thiazole rings is 1. The predicted octanol–water partition coefficient (Wildman–Crippen LogP) is 4.12. The molecule has 2 N–H and O–H groups in total. The van der Waals surface area contributed by atoms with E-state index in [1.165, 1.54) is 23.5 Å². The van der Waals surface area contributed by atoms with Gasteiger partial charge in [-0.25, -0.2) is 14.4 Å². The molecule has 2 heterocycles. The van der Waals surface area contributed by atoms with Gasteiger partial charge in [0.15, 0.2) is 10.9 Å². The van der Waals surface area contributed by atoms with Crippen LogP contribution in [0.25, 0.3) is 11.3 Å². The van der Waals surface area contributed by atoms with Crippen LogP contribution >= 0.6 is 23.1 Å². The molecule has 1 aromatic carbocycles. The van der Waals surface area contributed by atoms with Gasteiger partial charge in [0.1, 0.15) is 5.82 Å². The van der Waals surface area contributed by atoms with Crippen LogP contribution in [-0.2, 0) is 5.75 Å². The smallest absolute Gasteiger partial charge is 0.205 e. The van der Waals surface area contributed by atoms with Gasteiger partial charge in [0.2, 0.25) is 5.89 Å². The number of aromatic nitrogens is 2. The zero-order valence-corrected chi connectivity index (χ0v) is 12.8. The summed E-state index contributed by atoms with van der Waals surface area (Å²) in [5.41, 5.74) is 7.39. The van der Waals surface area contributed by atoms with Gasteiger partial charge in [0.25, 0.3) is 0 Å². The average Bonchev–Trinajstić information content (AvgIpc) is 3.04. The number of benzene rings is 1. The molecule has 0 saturated heterocycles. The van der Waals surface area contributed by atoms with E-state index in [1.807, 2.05) is 6.92 Å². The van der Waals surface area contributed by atoms with E-state index in [1.54, 1.807) is 30.1 Å². The van der Waals surface area contributed by atoms with Crippen LogP contribution in [0.1, 0.15) is 11.6 Å². The summed E-state index contributed by atoms with van der Waals surface area (Å²) < 4.78 is 19.6. The molecule has 0 aliphatic carbocycles. The highest BCUT2D eigenvalue weighted by Crippen LogP contribution is 2.33. The molecule has 0 unspecified atom stereocenters. The Labute approximate surface area is 129 Å². The summed E-state index contributed by atoms with van der Waals surface area (Å²) in [7, 11) is 0. The minimum absolute atomic E-state index is 0.271. The monoisotopic (exact) mass is 321 g/mol. The molecule has 7 heteroatoms. The SMILES string of the molecule is Cc1nc(N)sc1SCc1ncc(-c2ccc(F)cc2)o1. The minimum atomic E-state index is -0.271. The van der Waals surface area contributed by atoms with Crippen molar-refractivity contribution in [3.8, 4) is 11.3 Å². The molecule has 0 bridgehead atoms. The lowest BCUT2D eigenvalue weighted by Crippen LogP contribution is -1.81. The summed E-state index contributed by atoms with van der Waals surface area (Å²) in [6, 6.07) is 6.13. The lowest BCUT2D eigenvalue weighted by molar-refractivity contribution is 0.530. The van der Waals surface area contributed by atoms with Crippen molar-refractivity contribution in [1.29, 1.82) is 0 Å². The standard InChI is InChI=1S/C14H12FN3OS2/c1-8-13(21-14(16)18-8)20-7-12-17-6-11(19-12)9-2-4-10(15)5-3-9/h2-6H,7H2,1H3,(H2,16,18). The van der Waals surface area contributed by atoms with Crippen molar-refractivity contribution in [2.75, 3.05) is 5.73 Å². The maximum Gasteiger partial charge on any atom is 0.205 e. The first-order valence-corrected chi connectivity index (χ1v) is 7.98. The summed E-state index contributed by atoms with van der Waals surface area (Å²) in [5, 5.41) is 0.564. The molecule has 21 heavy (non-hydrogen) atoms. The number of halogens is 1. The van der Waals surface area contributed by atoms with E-state index in [9.17, 15) is 4.39 Å². The number of rotatable bonds is 4. The third-order valence-electron chi connectivity index (χ3n) is 2.78. The normalized spacial score (nSPS) is 11.0. The Bertz CT molecular complexity index is 752. The van der Waals surface area contributed by atoms with Crippen LogP contribution in [0, 0.1) is 12.7 Å². The summed E-state index contributed by atoms with van der Waals surface area (Å²) in [6.45, 7) is 1.93. The van der Waals surface area contributed by atoms with Crippen molar-refractivity contribution in [3.05, 3.63) is 47.9 Å². The number of anilines is 1. The van der Waals surface area contributed by atoms with E-state index in [-0.39, 0.29) is 5.82 Å².